The third-order valence-electron chi connectivity index (χ3n) is 6.29. The lowest BCUT2D eigenvalue weighted by molar-refractivity contribution is -0.134. The van der Waals surface area contributed by atoms with Gasteiger partial charge in [0.05, 0.1) is 6.54 Å². The number of nitrogens with zero attached hydrogens (tertiary/aromatic N) is 3. The molecule has 7 heteroatoms. The first-order valence-electron chi connectivity index (χ1n) is 11.7. The summed E-state index contributed by atoms with van der Waals surface area (Å²) in [6.07, 6.45) is 5.55. The number of rotatable bonds is 8. The van der Waals surface area contributed by atoms with E-state index in [2.05, 4.69) is 65.6 Å². The van der Waals surface area contributed by atoms with Gasteiger partial charge < -0.3 is 20.4 Å². The zero-order valence-electron chi connectivity index (χ0n) is 19.4. The third-order valence-corrected chi connectivity index (χ3v) is 6.29. The van der Waals surface area contributed by atoms with E-state index in [0.717, 1.165) is 57.9 Å². The van der Waals surface area contributed by atoms with Gasteiger partial charge in [0.1, 0.15) is 0 Å². The Morgan fingerprint density at radius 3 is 2.65 bits per heavy atom. The Balaban J connectivity index is 0.00000341. The number of likely N-dealkylation sites (tertiary alicyclic amines) is 1. The van der Waals surface area contributed by atoms with E-state index >= 15 is 0 Å². The Bertz CT molecular complexity index is 720. The van der Waals surface area contributed by atoms with Crippen LogP contribution in [0.2, 0.25) is 0 Å². The second-order valence-corrected chi connectivity index (χ2v) is 8.74. The molecule has 1 saturated carbocycles. The van der Waals surface area contributed by atoms with Gasteiger partial charge in [0, 0.05) is 38.1 Å². The van der Waals surface area contributed by atoms with E-state index in [4.69, 9.17) is 4.99 Å². The van der Waals surface area contributed by atoms with Crippen LogP contribution >= 0.6 is 24.0 Å². The molecule has 1 amide bonds. The van der Waals surface area contributed by atoms with Crippen LogP contribution in [-0.2, 0) is 17.9 Å². The zero-order chi connectivity index (χ0) is 21.3. The van der Waals surface area contributed by atoms with Crippen molar-refractivity contribution in [3.05, 3.63) is 35.4 Å². The molecule has 1 aliphatic carbocycles. The van der Waals surface area contributed by atoms with Crippen LogP contribution in [0.1, 0.15) is 57.1 Å². The quantitative estimate of drug-likeness (QED) is 0.300. The molecular formula is C24H40IN5O. The summed E-state index contributed by atoms with van der Waals surface area (Å²) < 4.78 is 0. The minimum absolute atomic E-state index is 0. The molecule has 1 aliphatic heterocycles. The Hall–Kier alpha value is -1.35. The summed E-state index contributed by atoms with van der Waals surface area (Å²) in [7, 11) is 2.14. The molecule has 31 heavy (non-hydrogen) atoms. The van der Waals surface area contributed by atoms with Crippen LogP contribution in [0.3, 0.4) is 0 Å². The van der Waals surface area contributed by atoms with E-state index < -0.39 is 0 Å². The molecule has 6 nitrogen and oxygen atoms in total. The molecular weight excluding hydrogens is 501 g/mol. The van der Waals surface area contributed by atoms with Crippen molar-refractivity contribution >= 4 is 35.8 Å². The maximum atomic E-state index is 12.7. The number of nitrogens with one attached hydrogen (secondary N) is 2. The smallest absolute Gasteiger partial charge is 0.225 e. The maximum Gasteiger partial charge on any atom is 0.225 e. The fourth-order valence-electron chi connectivity index (χ4n) is 4.44. The number of hydrogen-bond donors (Lipinski definition) is 2. The first-order valence-corrected chi connectivity index (χ1v) is 11.7. The Kier molecular flexibility index (Phi) is 11.1. The van der Waals surface area contributed by atoms with Crippen molar-refractivity contribution in [1.29, 1.82) is 0 Å². The fraction of sp³-hybridized carbons (Fsp3) is 0.667. The molecule has 3 rings (SSSR count). The van der Waals surface area contributed by atoms with E-state index in [0.29, 0.717) is 12.5 Å². The Labute approximate surface area is 205 Å². The fourth-order valence-corrected chi connectivity index (χ4v) is 4.44. The van der Waals surface area contributed by atoms with Crippen molar-refractivity contribution in [3.8, 4) is 0 Å². The highest BCUT2D eigenvalue weighted by Gasteiger charge is 2.32. The topological polar surface area (TPSA) is 60.0 Å². The molecule has 174 valence electrons. The van der Waals surface area contributed by atoms with Crippen LogP contribution in [-0.4, -0.2) is 60.9 Å². The largest absolute Gasteiger partial charge is 0.357 e. The first-order chi connectivity index (χ1) is 14.6. The van der Waals surface area contributed by atoms with Gasteiger partial charge in [-0.1, -0.05) is 44.0 Å². The van der Waals surface area contributed by atoms with Crippen molar-refractivity contribution < 1.29 is 4.79 Å². The van der Waals surface area contributed by atoms with Crippen LogP contribution in [0.4, 0.5) is 0 Å². The van der Waals surface area contributed by atoms with Crippen molar-refractivity contribution in [2.75, 3.05) is 33.2 Å². The SMILES string of the molecule is CCNC(=NCc1cccc(CN(C)CC)c1)NC1CCN(C(=O)C2CCCC2)C1.I. The highest BCUT2D eigenvalue weighted by Crippen LogP contribution is 2.27. The van der Waals surface area contributed by atoms with Crippen LogP contribution < -0.4 is 10.6 Å². The predicted molar refractivity (Wildman–Crippen MR) is 139 cm³/mol. The van der Waals surface area contributed by atoms with Crippen LogP contribution in [0.5, 0.6) is 0 Å². The molecule has 2 N–H and O–H groups in total. The number of benzene rings is 1. The second kappa shape index (κ2) is 13.3. The molecule has 0 bridgehead atoms. The number of halogens is 1. The van der Waals surface area contributed by atoms with Gasteiger partial charge in [-0.2, -0.15) is 0 Å². The lowest BCUT2D eigenvalue weighted by Gasteiger charge is -2.21. The minimum Gasteiger partial charge on any atom is -0.357 e. The van der Waals surface area contributed by atoms with Gasteiger partial charge in [-0.3, -0.25) is 4.79 Å². The van der Waals surface area contributed by atoms with Gasteiger partial charge in [-0.05, 0) is 50.9 Å². The van der Waals surface area contributed by atoms with Crippen LogP contribution in [0.15, 0.2) is 29.3 Å². The Morgan fingerprint density at radius 1 is 1.19 bits per heavy atom. The summed E-state index contributed by atoms with van der Waals surface area (Å²) in [5.41, 5.74) is 2.54. The van der Waals surface area contributed by atoms with Gasteiger partial charge in [-0.15, -0.1) is 24.0 Å². The predicted octanol–water partition coefficient (Wildman–Crippen LogP) is 3.60. The van der Waals surface area contributed by atoms with E-state index in [1.807, 2.05) is 0 Å². The molecule has 1 saturated heterocycles. The van der Waals surface area contributed by atoms with E-state index in [9.17, 15) is 4.79 Å². The lowest BCUT2D eigenvalue weighted by atomic mass is 10.1. The maximum absolute atomic E-state index is 12.7. The van der Waals surface area contributed by atoms with Gasteiger partial charge in [0.2, 0.25) is 5.91 Å². The highest BCUT2D eigenvalue weighted by molar-refractivity contribution is 14.0. The van der Waals surface area contributed by atoms with Crippen molar-refractivity contribution in [3.63, 3.8) is 0 Å². The average molecular weight is 542 g/mol. The molecule has 1 heterocycles. The third kappa shape index (κ3) is 7.93. The van der Waals surface area contributed by atoms with E-state index in [-0.39, 0.29) is 35.9 Å². The molecule has 0 spiro atoms. The lowest BCUT2D eigenvalue weighted by Crippen LogP contribution is -2.45. The van der Waals surface area contributed by atoms with E-state index in [1.54, 1.807) is 0 Å². The molecule has 0 radical (unpaired) electrons. The highest BCUT2D eigenvalue weighted by atomic mass is 127. The normalized spacial score (nSPS) is 19.5. The van der Waals surface area contributed by atoms with Crippen molar-refractivity contribution in [2.45, 2.75) is 65.1 Å². The van der Waals surface area contributed by atoms with Gasteiger partial charge in [0.15, 0.2) is 5.96 Å². The molecule has 1 unspecified atom stereocenters. The van der Waals surface area contributed by atoms with E-state index in [1.165, 1.54) is 24.0 Å². The van der Waals surface area contributed by atoms with Crippen molar-refractivity contribution in [1.82, 2.24) is 20.4 Å². The summed E-state index contributed by atoms with van der Waals surface area (Å²) in [6.45, 7) is 9.38. The summed E-state index contributed by atoms with van der Waals surface area (Å²) in [6, 6.07) is 8.96. The van der Waals surface area contributed by atoms with Crippen molar-refractivity contribution in [2.24, 2.45) is 10.9 Å². The number of guanidine groups is 1. The number of carbonyl (C=O) groups excluding carboxylic acids is 1. The van der Waals surface area contributed by atoms with Crippen LogP contribution in [0, 0.1) is 5.92 Å². The molecule has 1 aromatic carbocycles. The number of aliphatic imine (C=N–C) groups is 1. The van der Waals surface area contributed by atoms with Crippen LogP contribution in [0.25, 0.3) is 0 Å². The molecule has 2 fully saturated rings. The minimum atomic E-state index is 0. The second-order valence-electron chi connectivity index (χ2n) is 8.74. The summed E-state index contributed by atoms with van der Waals surface area (Å²) in [5, 5.41) is 6.92. The van der Waals surface area contributed by atoms with Gasteiger partial charge in [-0.25, -0.2) is 4.99 Å². The summed E-state index contributed by atoms with van der Waals surface area (Å²) >= 11 is 0. The molecule has 1 atom stereocenters. The zero-order valence-corrected chi connectivity index (χ0v) is 21.7. The number of hydrogen-bond acceptors (Lipinski definition) is 3. The number of carbonyl (C=O) groups is 1. The monoisotopic (exact) mass is 541 g/mol. The summed E-state index contributed by atoms with van der Waals surface area (Å²) in [5.74, 6) is 1.48. The van der Waals surface area contributed by atoms with Gasteiger partial charge in [0.25, 0.3) is 0 Å². The summed E-state index contributed by atoms with van der Waals surface area (Å²) in [4.78, 5) is 21.9. The number of amides is 1. The molecule has 0 aromatic heterocycles. The first kappa shape index (κ1) is 25.9. The standard InChI is InChI=1S/C24H39N5O.HI/c1-4-25-24(26-16-19-9-8-10-20(15-19)17-28(3)5-2)27-22-13-14-29(18-22)23(30)21-11-6-7-12-21;/h8-10,15,21-22H,4-7,11-14,16-18H2,1-3H3,(H2,25,26,27);1H. The van der Waals surface area contributed by atoms with Gasteiger partial charge >= 0.3 is 0 Å². The Morgan fingerprint density at radius 2 is 1.94 bits per heavy atom. The molecule has 1 aromatic rings. The molecule has 2 aliphatic rings. The average Bonchev–Trinajstić information content (AvgIpc) is 3.44.